The summed E-state index contributed by atoms with van der Waals surface area (Å²) in [5.74, 6) is 1.01. The largest absolute Gasteiger partial charge is 0.497 e. The molecule has 0 bridgehead atoms. The van der Waals surface area contributed by atoms with Crippen molar-refractivity contribution in [1.29, 1.82) is 5.26 Å². The molecule has 162 valence electrons. The Hall–Kier alpha value is -3.60. The highest BCUT2D eigenvalue weighted by Gasteiger charge is 2.36. The van der Waals surface area contributed by atoms with Crippen LogP contribution in [0.1, 0.15) is 32.7 Å². The highest BCUT2D eigenvalue weighted by molar-refractivity contribution is 8.34. The minimum Gasteiger partial charge on any atom is -0.497 e. The molecule has 3 aromatic rings. The van der Waals surface area contributed by atoms with E-state index in [0.29, 0.717) is 29.1 Å². The molecular formula is C25H23N3O3S. The Bertz CT molecular complexity index is 1200. The van der Waals surface area contributed by atoms with Crippen LogP contribution in [0.25, 0.3) is 6.08 Å². The first-order valence-corrected chi connectivity index (χ1v) is 11.9. The number of carbonyl (C=O) groups is 1. The van der Waals surface area contributed by atoms with E-state index in [1.165, 1.54) is 13.3 Å². The lowest BCUT2D eigenvalue weighted by atomic mass is 10.1. The molecule has 0 saturated heterocycles. The molecule has 0 saturated carbocycles. The van der Waals surface area contributed by atoms with Crippen LogP contribution in [0.2, 0.25) is 0 Å². The van der Waals surface area contributed by atoms with Gasteiger partial charge in [0.1, 0.15) is 17.5 Å². The quantitative estimate of drug-likeness (QED) is 0.526. The summed E-state index contributed by atoms with van der Waals surface area (Å²) in [6.07, 6.45) is 3.37. The second-order valence-electron chi connectivity index (χ2n) is 7.26. The number of aromatic nitrogens is 1. The van der Waals surface area contributed by atoms with Crippen LogP contribution < -0.4 is 9.46 Å². The van der Waals surface area contributed by atoms with Crippen molar-refractivity contribution < 1.29 is 14.3 Å². The Balaban J connectivity index is 1.80. The van der Waals surface area contributed by atoms with Crippen LogP contribution in [-0.2, 0) is 17.0 Å². The Morgan fingerprint density at radius 3 is 2.50 bits per heavy atom. The van der Waals surface area contributed by atoms with Gasteiger partial charge in [-0.15, -0.1) is 10.2 Å². The van der Waals surface area contributed by atoms with Gasteiger partial charge in [0.15, 0.2) is 0 Å². The fourth-order valence-electron chi connectivity index (χ4n) is 3.74. The average molecular weight is 446 g/mol. The first kappa shape index (κ1) is 21.6. The summed E-state index contributed by atoms with van der Waals surface area (Å²) < 4.78 is 14.0. The van der Waals surface area contributed by atoms with E-state index in [0.717, 1.165) is 21.8 Å². The number of methoxy groups -OCH3 is 2. The van der Waals surface area contributed by atoms with Crippen LogP contribution in [0.3, 0.4) is 0 Å². The fraction of sp³-hybridized carbons (Fsp3) is 0.160. The van der Waals surface area contributed by atoms with E-state index in [-0.39, 0.29) is 0 Å². The third kappa shape index (κ3) is 4.11. The van der Waals surface area contributed by atoms with E-state index >= 15 is 0 Å². The molecule has 0 fully saturated rings. The highest BCUT2D eigenvalue weighted by atomic mass is 32.3. The number of fused-ring (bicyclic) bond motifs is 1. The number of benzene rings is 2. The molecule has 2 aromatic carbocycles. The summed E-state index contributed by atoms with van der Waals surface area (Å²) in [5, 5.41) is 11.7. The lowest BCUT2D eigenvalue weighted by Crippen LogP contribution is -2.23. The molecule has 1 N–H and O–H groups in total. The molecule has 1 aliphatic heterocycles. The van der Waals surface area contributed by atoms with Gasteiger partial charge in [0.05, 0.1) is 19.8 Å². The van der Waals surface area contributed by atoms with E-state index in [9.17, 15) is 10.1 Å². The van der Waals surface area contributed by atoms with Crippen molar-refractivity contribution >= 4 is 22.3 Å². The number of carbonyl (C=O) groups excluding carboxylic acids is 1. The molecule has 0 radical (unpaired) electrons. The van der Waals surface area contributed by atoms with Crippen LogP contribution in [0.5, 0.6) is 5.75 Å². The van der Waals surface area contributed by atoms with Gasteiger partial charge in [0, 0.05) is 29.0 Å². The predicted octanol–water partition coefficient (Wildman–Crippen LogP) is 4.80. The zero-order valence-electron chi connectivity index (χ0n) is 17.9. The van der Waals surface area contributed by atoms with Crippen LogP contribution >= 0.6 is 10.2 Å². The van der Waals surface area contributed by atoms with Crippen molar-refractivity contribution in [1.82, 2.24) is 9.71 Å². The molecule has 1 aliphatic rings. The van der Waals surface area contributed by atoms with E-state index in [2.05, 4.69) is 33.3 Å². The Morgan fingerprint density at radius 1 is 1.09 bits per heavy atom. The van der Waals surface area contributed by atoms with Crippen molar-refractivity contribution in [2.75, 3.05) is 14.2 Å². The molecule has 1 unspecified atom stereocenters. The molecule has 1 atom stereocenters. The summed E-state index contributed by atoms with van der Waals surface area (Å²) in [6.45, 7) is 0.584. The third-order valence-electron chi connectivity index (χ3n) is 5.34. The molecule has 1 aromatic heterocycles. The summed E-state index contributed by atoms with van der Waals surface area (Å²) in [6, 6.07) is 20.1. The van der Waals surface area contributed by atoms with Gasteiger partial charge in [-0.25, -0.2) is 9.78 Å². The maximum absolute atomic E-state index is 12.7. The summed E-state index contributed by atoms with van der Waals surface area (Å²) in [5.41, 5.74) is 3.59. The molecule has 0 spiro atoms. The van der Waals surface area contributed by atoms with Gasteiger partial charge >= 0.3 is 5.97 Å². The molecule has 0 amide bonds. The van der Waals surface area contributed by atoms with Crippen molar-refractivity contribution in [2.24, 2.45) is 0 Å². The number of rotatable bonds is 7. The number of pyridine rings is 1. The fourth-order valence-corrected chi connectivity index (χ4v) is 7.05. The van der Waals surface area contributed by atoms with Gasteiger partial charge in [-0.2, -0.15) is 5.26 Å². The van der Waals surface area contributed by atoms with Crippen LogP contribution in [0, 0.1) is 11.3 Å². The first-order chi connectivity index (χ1) is 15.6. The zero-order chi connectivity index (χ0) is 22.6. The number of hydrogen-bond donors (Lipinski definition) is 1. The molecule has 32 heavy (non-hydrogen) atoms. The number of hydrogen-bond acceptors (Lipinski definition) is 6. The smallest absolute Gasteiger partial charge is 0.340 e. The zero-order valence-corrected chi connectivity index (χ0v) is 18.7. The van der Waals surface area contributed by atoms with E-state index in [1.807, 2.05) is 48.5 Å². The second kappa shape index (κ2) is 9.27. The molecule has 0 aliphatic carbocycles. The van der Waals surface area contributed by atoms with Gasteiger partial charge in [0.25, 0.3) is 0 Å². The third-order valence-corrected chi connectivity index (χ3v) is 8.56. The maximum Gasteiger partial charge on any atom is 0.340 e. The minimum atomic E-state index is -1.86. The van der Waals surface area contributed by atoms with Gasteiger partial charge in [-0.1, -0.05) is 42.5 Å². The lowest BCUT2D eigenvalue weighted by molar-refractivity contribution is 0.0596. The molecule has 2 heterocycles. The van der Waals surface area contributed by atoms with Crippen LogP contribution in [-0.4, -0.2) is 25.2 Å². The maximum atomic E-state index is 12.7. The van der Waals surface area contributed by atoms with Crippen molar-refractivity contribution in [2.45, 2.75) is 17.2 Å². The minimum absolute atomic E-state index is 0.303. The van der Waals surface area contributed by atoms with Gasteiger partial charge < -0.3 is 9.47 Å². The van der Waals surface area contributed by atoms with Crippen LogP contribution in [0.15, 0.2) is 71.1 Å². The van der Waals surface area contributed by atoms with Crippen molar-refractivity contribution in [3.63, 3.8) is 0 Å². The van der Waals surface area contributed by atoms with Crippen LogP contribution in [0.4, 0.5) is 0 Å². The van der Waals surface area contributed by atoms with E-state index < -0.39 is 16.2 Å². The summed E-state index contributed by atoms with van der Waals surface area (Å²) in [4.78, 5) is 17.7. The van der Waals surface area contributed by atoms with Crippen molar-refractivity contribution in [3.05, 3.63) is 94.1 Å². The summed E-state index contributed by atoms with van der Waals surface area (Å²) in [7, 11) is 1.14. The standard InChI is InChI=1S/C25H23N3O3S/c1-30-20-10-8-18(9-11-20)15-28-32(17-19-6-4-3-5-7-19)13-12-21-23(14-26)27-16-22(24(21)32)25(29)31-2/h3-13,16,28H,15,17H2,1-2H3. The molecule has 7 heteroatoms. The number of nitrogens with zero attached hydrogens (tertiary/aromatic N) is 2. The highest BCUT2D eigenvalue weighted by Crippen LogP contribution is 2.63. The Kier molecular flexibility index (Phi) is 6.26. The second-order valence-corrected chi connectivity index (χ2v) is 10.1. The summed E-state index contributed by atoms with van der Waals surface area (Å²) >= 11 is 0. The Labute approximate surface area is 189 Å². The number of nitriles is 1. The van der Waals surface area contributed by atoms with Crippen molar-refractivity contribution in [3.8, 4) is 11.8 Å². The van der Waals surface area contributed by atoms with Gasteiger partial charge in [-0.3, -0.25) is 4.72 Å². The lowest BCUT2D eigenvalue weighted by Gasteiger charge is -2.37. The predicted molar refractivity (Wildman–Crippen MR) is 125 cm³/mol. The van der Waals surface area contributed by atoms with E-state index in [1.54, 1.807) is 7.11 Å². The normalized spacial score (nSPS) is 18.3. The molecule has 4 rings (SSSR count). The topological polar surface area (TPSA) is 84.2 Å². The number of ether oxygens (including phenoxy) is 2. The molecule has 6 nitrogen and oxygen atoms in total. The SMILES string of the molecule is COC(=O)c1cnc(C#N)c2c1S(Cc1ccccc1)(NCc1ccc(OC)cc1)C=C2. The number of esters is 1. The number of nitrogens with one attached hydrogen (secondary N) is 1. The average Bonchev–Trinajstić information content (AvgIpc) is 3.22. The van der Waals surface area contributed by atoms with E-state index in [4.69, 9.17) is 9.47 Å². The molecular weight excluding hydrogens is 422 g/mol. The first-order valence-electron chi connectivity index (χ1n) is 10.0. The van der Waals surface area contributed by atoms with Gasteiger partial charge in [0.2, 0.25) is 0 Å². The monoisotopic (exact) mass is 445 g/mol. The van der Waals surface area contributed by atoms with Gasteiger partial charge in [-0.05, 0) is 34.7 Å². The Morgan fingerprint density at radius 2 is 1.84 bits per heavy atom.